The number of carbonyl (C=O) groups is 1. The summed E-state index contributed by atoms with van der Waals surface area (Å²) in [5.41, 5.74) is 0. The number of piperidine rings is 1. The van der Waals surface area contributed by atoms with Gasteiger partial charge in [-0.3, -0.25) is 4.79 Å². The summed E-state index contributed by atoms with van der Waals surface area (Å²) in [5.74, 6) is 0.130. The average molecular weight is 203 g/mol. The Morgan fingerprint density at radius 3 is 2.29 bits per heavy atom. The molecule has 0 unspecified atom stereocenters. The summed E-state index contributed by atoms with van der Waals surface area (Å²) in [5, 5.41) is 3.20. The van der Waals surface area contributed by atoms with Gasteiger partial charge in [0.15, 0.2) is 0 Å². The molecule has 0 aromatic heterocycles. The number of esters is 1. The van der Waals surface area contributed by atoms with E-state index in [-0.39, 0.29) is 13.3 Å². The maximum Gasteiger partial charge on any atom is 0.309 e. The molecule has 1 rings (SSSR count). The quantitative estimate of drug-likeness (QED) is 0.699. The first kappa shape index (κ1) is 13.4. The third-order valence-electron chi connectivity index (χ3n) is 1.96. The lowest BCUT2D eigenvalue weighted by atomic mass is 9.99. The Bertz CT molecular complexity index is 148. The van der Waals surface area contributed by atoms with E-state index in [4.69, 9.17) is 4.74 Å². The molecule has 1 aliphatic rings. The summed E-state index contributed by atoms with van der Waals surface area (Å²) >= 11 is 0. The zero-order chi connectivity index (χ0) is 10.8. The van der Waals surface area contributed by atoms with E-state index in [1.807, 2.05) is 6.92 Å². The average Bonchev–Trinajstić information content (AvgIpc) is 2.21. The molecule has 1 saturated heterocycles. The van der Waals surface area contributed by atoms with Gasteiger partial charge in [0.05, 0.1) is 12.5 Å². The molecule has 3 heteroatoms. The number of rotatable bonds is 2. The Morgan fingerprint density at radius 1 is 1.36 bits per heavy atom. The molecule has 1 fully saturated rings. The minimum absolute atomic E-state index is 0. The van der Waals surface area contributed by atoms with Crippen LogP contribution in [0.5, 0.6) is 0 Å². The highest BCUT2D eigenvalue weighted by Crippen LogP contribution is 2.12. The van der Waals surface area contributed by atoms with Crippen LogP contribution in [0.15, 0.2) is 0 Å². The Balaban J connectivity index is 0. The third kappa shape index (κ3) is 5.97. The van der Waals surface area contributed by atoms with Gasteiger partial charge in [-0.25, -0.2) is 0 Å². The second kappa shape index (κ2) is 9.00. The molecular weight excluding hydrogens is 178 g/mol. The molecule has 86 valence electrons. The van der Waals surface area contributed by atoms with Crippen molar-refractivity contribution in [2.45, 2.75) is 40.0 Å². The Hall–Kier alpha value is -0.570. The van der Waals surface area contributed by atoms with Gasteiger partial charge in [0.2, 0.25) is 0 Å². The van der Waals surface area contributed by atoms with Crippen LogP contribution in [0.25, 0.3) is 0 Å². The first-order valence-electron chi connectivity index (χ1n) is 5.63. The van der Waals surface area contributed by atoms with Gasteiger partial charge in [-0.1, -0.05) is 20.3 Å². The van der Waals surface area contributed by atoms with Crippen LogP contribution in [0.1, 0.15) is 41.5 Å². The lowest BCUT2D eigenvalue weighted by Gasteiger charge is -2.20. The minimum Gasteiger partial charge on any atom is -0.466 e. The van der Waals surface area contributed by atoms with Gasteiger partial charge in [0, 0.05) is 1.43 Å². The highest BCUT2D eigenvalue weighted by atomic mass is 16.5. The van der Waals surface area contributed by atoms with Gasteiger partial charge in [-0.2, -0.15) is 0 Å². The molecule has 0 aliphatic carbocycles. The van der Waals surface area contributed by atoms with E-state index < -0.39 is 0 Å². The second-order valence-electron chi connectivity index (χ2n) is 3.48. The lowest BCUT2D eigenvalue weighted by Crippen LogP contribution is -2.32. The van der Waals surface area contributed by atoms with Crippen LogP contribution in [-0.2, 0) is 9.53 Å². The normalized spacial score (nSPS) is 16.8. The number of carbonyl (C=O) groups excluding carboxylic acids is 1. The number of hydrogen-bond acceptors (Lipinski definition) is 3. The first-order chi connectivity index (χ1) is 6.76. The molecule has 0 saturated carbocycles. The number of hydrogen-bond donors (Lipinski definition) is 1. The van der Waals surface area contributed by atoms with Gasteiger partial charge in [-0.05, 0) is 32.9 Å². The summed E-state index contributed by atoms with van der Waals surface area (Å²) < 4.78 is 4.91. The van der Waals surface area contributed by atoms with E-state index in [0.717, 1.165) is 25.9 Å². The maximum absolute atomic E-state index is 11.1. The number of nitrogens with one attached hydrogen (secondary N) is 1. The number of ether oxygens (including phenoxy) is 1. The van der Waals surface area contributed by atoms with Crippen molar-refractivity contribution in [1.29, 1.82) is 0 Å². The molecule has 0 bridgehead atoms. The largest absolute Gasteiger partial charge is 0.466 e. The first-order valence-corrected chi connectivity index (χ1v) is 5.63. The molecule has 0 aromatic rings. The third-order valence-corrected chi connectivity index (χ3v) is 1.96. The summed E-state index contributed by atoms with van der Waals surface area (Å²) in [6.07, 6.45) is 3.11. The Morgan fingerprint density at radius 2 is 1.86 bits per heavy atom. The van der Waals surface area contributed by atoms with Crippen molar-refractivity contribution in [1.82, 2.24) is 5.32 Å². The molecule has 1 aliphatic heterocycles. The van der Waals surface area contributed by atoms with Crippen LogP contribution in [0.2, 0.25) is 0 Å². The van der Waals surface area contributed by atoms with Crippen LogP contribution in [0, 0.1) is 5.92 Å². The lowest BCUT2D eigenvalue weighted by molar-refractivity contribution is -0.148. The van der Waals surface area contributed by atoms with Crippen molar-refractivity contribution in [3.8, 4) is 0 Å². The van der Waals surface area contributed by atoms with Gasteiger partial charge in [-0.15, -0.1) is 0 Å². The zero-order valence-electron chi connectivity index (χ0n) is 9.64. The van der Waals surface area contributed by atoms with Gasteiger partial charge in [0.1, 0.15) is 0 Å². The maximum atomic E-state index is 11.1. The van der Waals surface area contributed by atoms with E-state index in [1.165, 1.54) is 6.42 Å². The van der Waals surface area contributed by atoms with Crippen LogP contribution >= 0.6 is 0 Å². The van der Waals surface area contributed by atoms with Crippen LogP contribution < -0.4 is 5.32 Å². The van der Waals surface area contributed by atoms with E-state index in [1.54, 1.807) is 0 Å². The fourth-order valence-corrected chi connectivity index (χ4v) is 1.32. The monoisotopic (exact) mass is 203 g/mol. The van der Waals surface area contributed by atoms with Gasteiger partial charge < -0.3 is 10.1 Å². The molecule has 1 N–H and O–H groups in total. The predicted octanol–water partition coefficient (Wildman–Crippen LogP) is 2.21. The molecular formula is C11H25NO2. The molecule has 0 atom stereocenters. The highest BCUT2D eigenvalue weighted by Gasteiger charge is 2.21. The standard InChI is InChI=1S/C8H15NO2.C3H8.H2/c1-2-11-8(10)7-3-5-9-6-4-7;1-3-2;/h7,9H,2-6H2,1H3;3H2,1-2H3;1H. The predicted molar refractivity (Wildman–Crippen MR) is 60.3 cm³/mol. The summed E-state index contributed by atoms with van der Waals surface area (Å²) in [6, 6.07) is 0. The van der Waals surface area contributed by atoms with Crippen LogP contribution in [-0.4, -0.2) is 25.7 Å². The molecule has 14 heavy (non-hydrogen) atoms. The van der Waals surface area contributed by atoms with Crippen LogP contribution in [0.4, 0.5) is 0 Å². The highest BCUT2D eigenvalue weighted by molar-refractivity contribution is 5.72. The van der Waals surface area contributed by atoms with Gasteiger partial charge in [0.25, 0.3) is 0 Å². The fraction of sp³-hybridized carbons (Fsp3) is 0.909. The van der Waals surface area contributed by atoms with E-state index in [2.05, 4.69) is 19.2 Å². The topological polar surface area (TPSA) is 38.3 Å². The Labute approximate surface area is 88.7 Å². The molecule has 1 heterocycles. The van der Waals surface area contributed by atoms with Crippen molar-refractivity contribution in [2.75, 3.05) is 19.7 Å². The molecule has 0 aromatic carbocycles. The fourth-order valence-electron chi connectivity index (χ4n) is 1.32. The van der Waals surface area contributed by atoms with Crippen molar-refractivity contribution in [2.24, 2.45) is 5.92 Å². The minimum atomic E-state index is -0.0194. The summed E-state index contributed by atoms with van der Waals surface area (Å²) in [4.78, 5) is 11.1. The van der Waals surface area contributed by atoms with Crippen molar-refractivity contribution < 1.29 is 11.0 Å². The van der Waals surface area contributed by atoms with Gasteiger partial charge >= 0.3 is 5.97 Å². The van der Waals surface area contributed by atoms with Crippen molar-refractivity contribution in [3.63, 3.8) is 0 Å². The Kier molecular flexibility index (Phi) is 8.64. The molecule has 0 amide bonds. The second-order valence-corrected chi connectivity index (χ2v) is 3.48. The van der Waals surface area contributed by atoms with E-state index >= 15 is 0 Å². The van der Waals surface area contributed by atoms with E-state index in [0.29, 0.717) is 6.61 Å². The zero-order valence-corrected chi connectivity index (χ0v) is 9.64. The smallest absolute Gasteiger partial charge is 0.309 e. The van der Waals surface area contributed by atoms with E-state index in [9.17, 15) is 4.79 Å². The molecule has 0 spiro atoms. The van der Waals surface area contributed by atoms with Crippen LogP contribution in [0.3, 0.4) is 0 Å². The molecule has 0 radical (unpaired) electrons. The summed E-state index contributed by atoms with van der Waals surface area (Å²) in [7, 11) is 0. The van der Waals surface area contributed by atoms with Crippen molar-refractivity contribution in [3.05, 3.63) is 0 Å². The van der Waals surface area contributed by atoms with Crippen molar-refractivity contribution >= 4 is 5.97 Å². The summed E-state index contributed by atoms with van der Waals surface area (Å²) in [6.45, 7) is 8.49. The SMILES string of the molecule is CCC.CCOC(=O)C1CCNCC1.[HH]. The molecule has 3 nitrogen and oxygen atoms in total.